The monoisotopic (exact) mass is 198 g/mol. The minimum Gasteiger partial charge on any atom is -0.379 e. The number of ether oxygens (including phenoxy) is 1. The lowest BCUT2D eigenvalue weighted by atomic mass is 9.81. The molecule has 0 aromatic heterocycles. The second kappa shape index (κ2) is 3.51. The zero-order valence-electron chi connectivity index (χ0n) is 8.66. The van der Waals surface area contributed by atoms with E-state index in [2.05, 4.69) is 6.92 Å². The molecular formula is C10H18N2O2. The summed E-state index contributed by atoms with van der Waals surface area (Å²) in [7, 11) is 0. The normalized spacial score (nSPS) is 30.1. The predicted octanol–water partition coefficient (Wildman–Crippen LogP) is -0.0274. The standard InChI is InChI=1S/C10H18N2O2/c1-2-10(6-14-7-10)9(13)12-4-3-8(11)5-12/h8H,2-7,11H2,1H3/t8-/m0/s1. The SMILES string of the molecule is CCC1(C(=O)N2CC[C@H](N)C2)COC1. The van der Waals surface area contributed by atoms with E-state index in [1.807, 2.05) is 4.90 Å². The highest BCUT2D eigenvalue weighted by Crippen LogP contribution is 2.34. The van der Waals surface area contributed by atoms with Gasteiger partial charge in [0.15, 0.2) is 0 Å². The van der Waals surface area contributed by atoms with Crippen LogP contribution in [-0.4, -0.2) is 43.2 Å². The van der Waals surface area contributed by atoms with E-state index in [1.54, 1.807) is 0 Å². The highest BCUT2D eigenvalue weighted by molar-refractivity contribution is 5.84. The molecule has 2 saturated heterocycles. The molecule has 2 N–H and O–H groups in total. The van der Waals surface area contributed by atoms with Crippen molar-refractivity contribution in [2.24, 2.45) is 11.1 Å². The van der Waals surface area contributed by atoms with Gasteiger partial charge in [0.2, 0.25) is 5.91 Å². The molecule has 80 valence electrons. The molecule has 2 fully saturated rings. The molecule has 1 atom stereocenters. The summed E-state index contributed by atoms with van der Waals surface area (Å²) < 4.78 is 5.16. The molecule has 2 aliphatic heterocycles. The zero-order chi connectivity index (χ0) is 10.2. The van der Waals surface area contributed by atoms with E-state index < -0.39 is 0 Å². The predicted molar refractivity (Wildman–Crippen MR) is 52.7 cm³/mol. The summed E-state index contributed by atoms with van der Waals surface area (Å²) in [5.74, 6) is 0.249. The number of carbonyl (C=O) groups excluding carboxylic acids is 1. The van der Waals surface area contributed by atoms with E-state index in [0.29, 0.717) is 13.2 Å². The third-order valence-corrected chi connectivity index (χ3v) is 3.40. The molecule has 0 unspecified atom stereocenters. The van der Waals surface area contributed by atoms with E-state index in [1.165, 1.54) is 0 Å². The van der Waals surface area contributed by atoms with Crippen molar-refractivity contribution < 1.29 is 9.53 Å². The highest BCUT2D eigenvalue weighted by Gasteiger charge is 2.47. The van der Waals surface area contributed by atoms with E-state index in [9.17, 15) is 4.79 Å². The number of carbonyl (C=O) groups is 1. The van der Waals surface area contributed by atoms with Gasteiger partial charge >= 0.3 is 0 Å². The summed E-state index contributed by atoms with van der Waals surface area (Å²) >= 11 is 0. The van der Waals surface area contributed by atoms with Crippen molar-refractivity contribution in [1.82, 2.24) is 4.90 Å². The van der Waals surface area contributed by atoms with Crippen molar-refractivity contribution in [3.05, 3.63) is 0 Å². The van der Waals surface area contributed by atoms with Crippen LogP contribution in [0.5, 0.6) is 0 Å². The van der Waals surface area contributed by atoms with Gasteiger partial charge in [0.25, 0.3) is 0 Å². The summed E-state index contributed by atoms with van der Waals surface area (Å²) in [4.78, 5) is 14.0. The summed E-state index contributed by atoms with van der Waals surface area (Å²) in [6.07, 6.45) is 1.81. The second-order valence-corrected chi connectivity index (χ2v) is 4.43. The molecular weight excluding hydrogens is 180 g/mol. The Hall–Kier alpha value is -0.610. The third kappa shape index (κ3) is 1.42. The summed E-state index contributed by atoms with van der Waals surface area (Å²) in [6.45, 7) is 4.78. The first-order valence-electron chi connectivity index (χ1n) is 5.31. The van der Waals surface area contributed by atoms with E-state index in [0.717, 1.165) is 25.9 Å². The molecule has 0 radical (unpaired) electrons. The number of rotatable bonds is 2. The smallest absolute Gasteiger partial charge is 0.233 e. The van der Waals surface area contributed by atoms with Gasteiger partial charge in [-0.25, -0.2) is 0 Å². The van der Waals surface area contributed by atoms with Gasteiger partial charge in [0.05, 0.1) is 18.6 Å². The molecule has 0 aliphatic carbocycles. The van der Waals surface area contributed by atoms with E-state index in [-0.39, 0.29) is 17.4 Å². The van der Waals surface area contributed by atoms with Gasteiger partial charge in [-0.05, 0) is 12.8 Å². The van der Waals surface area contributed by atoms with Crippen molar-refractivity contribution in [3.8, 4) is 0 Å². The van der Waals surface area contributed by atoms with E-state index in [4.69, 9.17) is 10.5 Å². The third-order valence-electron chi connectivity index (χ3n) is 3.40. The minimum absolute atomic E-state index is 0.175. The Bertz CT molecular complexity index is 233. The first kappa shape index (κ1) is 9.93. The number of hydrogen-bond acceptors (Lipinski definition) is 3. The fourth-order valence-corrected chi connectivity index (χ4v) is 2.13. The van der Waals surface area contributed by atoms with Crippen LogP contribution in [-0.2, 0) is 9.53 Å². The molecule has 0 aromatic carbocycles. The Morgan fingerprint density at radius 3 is 2.71 bits per heavy atom. The topological polar surface area (TPSA) is 55.6 Å². The largest absolute Gasteiger partial charge is 0.379 e. The Kier molecular flexibility index (Phi) is 2.49. The molecule has 0 aromatic rings. The quantitative estimate of drug-likeness (QED) is 0.678. The molecule has 2 aliphatic rings. The van der Waals surface area contributed by atoms with Crippen molar-refractivity contribution in [1.29, 1.82) is 0 Å². The summed E-state index contributed by atoms with van der Waals surface area (Å²) in [6, 6.07) is 0.175. The molecule has 1 amide bonds. The van der Waals surface area contributed by atoms with Gasteiger partial charge in [0.1, 0.15) is 0 Å². The fourth-order valence-electron chi connectivity index (χ4n) is 2.13. The van der Waals surface area contributed by atoms with Gasteiger partial charge in [-0.2, -0.15) is 0 Å². The Labute approximate surface area is 84.4 Å². The van der Waals surface area contributed by atoms with Crippen LogP contribution in [0.4, 0.5) is 0 Å². The maximum absolute atomic E-state index is 12.1. The molecule has 4 nitrogen and oxygen atoms in total. The van der Waals surface area contributed by atoms with E-state index >= 15 is 0 Å². The summed E-state index contributed by atoms with van der Waals surface area (Å²) in [5.41, 5.74) is 5.56. The Morgan fingerprint density at radius 1 is 1.64 bits per heavy atom. The van der Waals surface area contributed by atoms with Gasteiger partial charge in [-0.15, -0.1) is 0 Å². The lowest BCUT2D eigenvalue weighted by Crippen LogP contribution is -2.54. The number of hydrogen-bond donors (Lipinski definition) is 1. The lowest BCUT2D eigenvalue weighted by molar-refractivity contribution is -0.172. The van der Waals surface area contributed by atoms with Crippen LogP contribution in [0, 0.1) is 5.41 Å². The van der Waals surface area contributed by atoms with Crippen molar-refractivity contribution in [3.63, 3.8) is 0 Å². The minimum atomic E-state index is -0.218. The summed E-state index contributed by atoms with van der Waals surface area (Å²) in [5, 5.41) is 0. The molecule has 0 saturated carbocycles. The fraction of sp³-hybridized carbons (Fsp3) is 0.900. The highest BCUT2D eigenvalue weighted by atomic mass is 16.5. The van der Waals surface area contributed by atoms with Crippen LogP contribution in [0.3, 0.4) is 0 Å². The van der Waals surface area contributed by atoms with Crippen LogP contribution in [0.1, 0.15) is 19.8 Å². The molecule has 0 spiro atoms. The van der Waals surface area contributed by atoms with Crippen molar-refractivity contribution >= 4 is 5.91 Å². The average molecular weight is 198 g/mol. The van der Waals surface area contributed by atoms with Crippen LogP contribution < -0.4 is 5.73 Å². The average Bonchev–Trinajstić information content (AvgIpc) is 2.50. The van der Waals surface area contributed by atoms with Crippen LogP contribution in [0.15, 0.2) is 0 Å². The molecule has 0 bridgehead atoms. The Morgan fingerprint density at radius 2 is 2.36 bits per heavy atom. The zero-order valence-corrected chi connectivity index (χ0v) is 8.66. The lowest BCUT2D eigenvalue weighted by Gasteiger charge is -2.41. The molecule has 4 heteroatoms. The number of likely N-dealkylation sites (tertiary alicyclic amines) is 1. The molecule has 2 heterocycles. The molecule has 2 rings (SSSR count). The van der Waals surface area contributed by atoms with Crippen LogP contribution in [0.25, 0.3) is 0 Å². The van der Waals surface area contributed by atoms with Gasteiger partial charge < -0.3 is 15.4 Å². The van der Waals surface area contributed by atoms with Gasteiger partial charge in [0, 0.05) is 19.1 Å². The maximum Gasteiger partial charge on any atom is 0.233 e. The number of amides is 1. The van der Waals surface area contributed by atoms with Crippen LogP contribution in [0.2, 0.25) is 0 Å². The Balaban J connectivity index is 2.00. The molecule has 14 heavy (non-hydrogen) atoms. The first-order chi connectivity index (χ1) is 6.68. The van der Waals surface area contributed by atoms with Gasteiger partial charge in [-0.3, -0.25) is 4.79 Å². The number of nitrogens with two attached hydrogens (primary N) is 1. The maximum atomic E-state index is 12.1. The van der Waals surface area contributed by atoms with Crippen LogP contribution >= 0.6 is 0 Å². The second-order valence-electron chi connectivity index (χ2n) is 4.43. The first-order valence-corrected chi connectivity index (χ1v) is 5.31. The van der Waals surface area contributed by atoms with Crippen molar-refractivity contribution in [2.45, 2.75) is 25.8 Å². The number of nitrogens with zero attached hydrogens (tertiary/aromatic N) is 1. The van der Waals surface area contributed by atoms with Gasteiger partial charge in [-0.1, -0.05) is 6.92 Å². The van der Waals surface area contributed by atoms with Crippen molar-refractivity contribution in [2.75, 3.05) is 26.3 Å².